The maximum Gasteiger partial charge on any atom is 0.255 e. The fourth-order valence-electron chi connectivity index (χ4n) is 12.7. The third-order valence-electron chi connectivity index (χ3n) is 16.3. The average Bonchev–Trinajstić information content (AvgIpc) is 4.10. The summed E-state index contributed by atoms with van der Waals surface area (Å²) in [6.45, 7) is 10.5. The van der Waals surface area contributed by atoms with Crippen molar-refractivity contribution in [3.63, 3.8) is 0 Å². The number of methoxy groups -OCH3 is 1. The van der Waals surface area contributed by atoms with Crippen LogP contribution in [0.5, 0.6) is 5.75 Å². The Morgan fingerprint density at radius 3 is 2.14 bits per heavy atom. The van der Waals surface area contributed by atoms with Crippen molar-refractivity contribution in [2.45, 2.75) is 82.8 Å². The normalized spacial score (nSPS) is 24.6. The monoisotopic (exact) mass is 884 g/mol. The highest BCUT2D eigenvalue weighted by Gasteiger charge is 2.63. The first kappa shape index (κ1) is 42.2. The number of carbonyl (C=O) groups is 4. The summed E-state index contributed by atoms with van der Waals surface area (Å²) in [5.74, 6) is 1.01. The number of hydrogen-bond acceptors (Lipinski definition) is 9. The van der Waals surface area contributed by atoms with Crippen molar-refractivity contribution >= 4 is 51.6 Å². The Hall–Kier alpha value is -5.47. The number of piperazine rings is 1. The van der Waals surface area contributed by atoms with E-state index in [0.717, 1.165) is 150 Å². The van der Waals surface area contributed by atoms with E-state index in [9.17, 15) is 19.2 Å². The van der Waals surface area contributed by atoms with Gasteiger partial charge in [-0.1, -0.05) is 18.9 Å². The molecule has 0 radical (unpaired) electrons. The zero-order valence-corrected chi connectivity index (χ0v) is 37.5. The summed E-state index contributed by atoms with van der Waals surface area (Å²) in [6, 6.07) is 16.8. The van der Waals surface area contributed by atoms with Crippen LogP contribution in [0.4, 0.5) is 21.5 Å². The second-order valence-corrected chi connectivity index (χ2v) is 19.9. The minimum atomic E-state index is -0.595. The lowest BCUT2D eigenvalue weighted by Crippen LogP contribution is -2.62. The number of carbonyl (C=O) groups excluding carboxylic acids is 4. The number of aromatic amines is 1. The number of anilines is 3. The first-order chi connectivity index (χ1) is 31.7. The van der Waals surface area contributed by atoms with E-state index in [1.807, 2.05) is 53.6 Å². The van der Waals surface area contributed by atoms with Gasteiger partial charge in [0, 0.05) is 118 Å². The van der Waals surface area contributed by atoms with Crippen LogP contribution in [0.25, 0.3) is 10.9 Å². The molecule has 65 heavy (non-hydrogen) atoms. The smallest absolute Gasteiger partial charge is 0.255 e. The number of imide groups is 1. The highest BCUT2D eigenvalue weighted by Crippen LogP contribution is 2.62. The number of aromatic nitrogens is 1. The molecule has 3 aromatic carbocycles. The molecule has 5 saturated heterocycles. The molecule has 2 atom stereocenters. The van der Waals surface area contributed by atoms with Crippen LogP contribution in [0.3, 0.4) is 0 Å². The van der Waals surface area contributed by atoms with Gasteiger partial charge in [0.05, 0.1) is 29.9 Å². The van der Waals surface area contributed by atoms with Crippen molar-refractivity contribution in [1.29, 1.82) is 0 Å². The van der Waals surface area contributed by atoms with Gasteiger partial charge in [-0.3, -0.25) is 24.5 Å². The molecule has 6 aliphatic heterocycles. The number of nitrogens with one attached hydrogen (secondary N) is 2. The Labute approximate surface area is 380 Å². The first-order valence-electron chi connectivity index (χ1n) is 24.2. The lowest BCUT2D eigenvalue weighted by molar-refractivity contribution is -0.140. The fourth-order valence-corrected chi connectivity index (χ4v) is 12.7. The van der Waals surface area contributed by atoms with Gasteiger partial charge in [-0.25, -0.2) is 4.39 Å². The third kappa shape index (κ3) is 7.54. The molecule has 1 aromatic heterocycles. The molecule has 11 rings (SSSR count). The number of nitrogens with zero attached hydrogens (tertiary/aromatic N) is 6. The average molecular weight is 885 g/mol. The molecule has 14 heteroatoms. The number of piperidine rings is 3. The number of β-lactam (4-membered cyclic amide) rings is 1. The fraction of sp³-hybridized carbons (Fsp3) is 0.529. The Morgan fingerprint density at radius 2 is 1.46 bits per heavy atom. The van der Waals surface area contributed by atoms with E-state index in [1.54, 1.807) is 18.1 Å². The number of rotatable bonds is 10. The summed E-state index contributed by atoms with van der Waals surface area (Å²) in [4.78, 5) is 68.1. The highest BCUT2D eigenvalue weighted by molar-refractivity contribution is 6.11. The number of hydrogen-bond donors (Lipinski definition) is 2. The second kappa shape index (κ2) is 17.1. The number of H-pyrrole nitrogens is 1. The molecule has 1 saturated carbocycles. The van der Waals surface area contributed by atoms with Gasteiger partial charge in [-0.05, 0) is 105 Å². The van der Waals surface area contributed by atoms with Gasteiger partial charge in [0.2, 0.25) is 17.7 Å². The van der Waals surface area contributed by atoms with Crippen molar-refractivity contribution in [2.24, 2.45) is 17.3 Å². The summed E-state index contributed by atoms with van der Waals surface area (Å²) >= 11 is 0. The van der Waals surface area contributed by atoms with Crippen LogP contribution in [0.2, 0.25) is 0 Å². The molecule has 0 bridgehead atoms. The molecular formula is C51H61FN8O5. The third-order valence-corrected chi connectivity index (χ3v) is 16.3. The maximum atomic E-state index is 16.4. The molecule has 7 heterocycles. The van der Waals surface area contributed by atoms with E-state index < -0.39 is 11.5 Å². The predicted molar refractivity (Wildman–Crippen MR) is 248 cm³/mol. The number of amides is 4. The second-order valence-electron chi connectivity index (χ2n) is 19.9. The molecule has 1 aliphatic carbocycles. The quantitative estimate of drug-likeness (QED) is 0.136. The van der Waals surface area contributed by atoms with E-state index in [1.165, 1.54) is 0 Å². The minimum Gasteiger partial charge on any atom is -0.496 e. The summed E-state index contributed by atoms with van der Waals surface area (Å²) in [5.41, 5.74) is 5.42. The predicted octanol–water partition coefficient (Wildman–Crippen LogP) is 6.48. The van der Waals surface area contributed by atoms with Crippen LogP contribution in [0.15, 0.2) is 60.8 Å². The van der Waals surface area contributed by atoms with Crippen LogP contribution < -0.4 is 24.8 Å². The van der Waals surface area contributed by atoms with E-state index in [0.29, 0.717) is 41.8 Å². The van der Waals surface area contributed by atoms with Crippen LogP contribution in [-0.2, 0) is 20.9 Å². The molecular weight excluding hydrogens is 824 g/mol. The summed E-state index contributed by atoms with van der Waals surface area (Å²) in [5, 5.41) is 3.38. The first-order valence-corrected chi connectivity index (χ1v) is 24.2. The van der Waals surface area contributed by atoms with Crippen molar-refractivity contribution in [2.75, 3.05) is 87.3 Å². The minimum absolute atomic E-state index is 0.127. The molecule has 2 N–H and O–H groups in total. The van der Waals surface area contributed by atoms with Gasteiger partial charge in [-0.15, -0.1) is 0 Å². The molecule has 4 aromatic rings. The van der Waals surface area contributed by atoms with E-state index >= 15 is 4.39 Å². The zero-order valence-electron chi connectivity index (χ0n) is 37.5. The Balaban J connectivity index is 0.652. The molecule has 0 unspecified atom stereocenters. The maximum absolute atomic E-state index is 16.4. The Kier molecular flexibility index (Phi) is 11.1. The van der Waals surface area contributed by atoms with Gasteiger partial charge in [0.1, 0.15) is 17.6 Å². The van der Waals surface area contributed by atoms with Crippen LogP contribution in [0.1, 0.15) is 91.7 Å². The van der Waals surface area contributed by atoms with Gasteiger partial charge in [-0.2, -0.15) is 0 Å². The van der Waals surface area contributed by atoms with Gasteiger partial charge < -0.3 is 39.1 Å². The lowest BCUT2D eigenvalue weighted by atomic mass is 9.66. The van der Waals surface area contributed by atoms with E-state index in [2.05, 4.69) is 36.0 Å². The Bertz CT molecular complexity index is 2500. The highest BCUT2D eigenvalue weighted by atomic mass is 19.1. The Morgan fingerprint density at radius 1 is 0.769 bits per heavy atom. The van der Waals surface area contributed by atoms with Gasteiger partial charge in [0.15, 0.2) is 0 Å². The van der Waals surface area contributed by atoms with E-state index in [-0.39, 0.29) is 41.9 Å². The zero-order chi connectivity index (χ0) is 44.4. The number of benzene rings is 3. The standard InChI is InChI=1S/C51H61FN8O5/c1-65-45-29-44(40(52)28-39(45)47-51(16-2-3-17-51)50(64)60(47)42-6-4-5-41-38(42)11-18-53-41)58-21-14-34(15-22-58)31-56-25-23-55(24-26-56)30-33-12-19-57(20-13-33)36-7-8-37-35(27-36)32-59(49(37)63)43-9-10-46(61)54-48(43)62/h4-8,11,18,27-29,33-34,43,47,53H,2-3,9-10,12-17,19-26,30-32H2,1H3,(H,54,61,62)/t43-,47-/m0/s1. The van der Waals surface area contributed by atoms with Crippen LogP contribution in [-0.4, -0.2) is 122 Å². The molecule has 4 amide bonds. The lowest BCUT2D eigenvalue weighted by Gasteiger charge is -2.55. The number of ether oxygens (including phenoxy) is 1. The van der Waals surface area contributed by atoms with Gasteiger partial charge in [0.25, 0.3) is 5.91 Å². The summed E-state index contributed by atoms with van der Waals surface area (Å²) in [7, 11) is 1.67. The topological polar surface area (TPSA) is 125 Å². The van der Waals surface area contributed by atoms with Crippen LogP contribution in [0, 0.1) is 23.1 Å². The molecule has 6 fully saturated rings. The number of fused-ring (bicyclic) bond motifs is 2. The molecule has 7 aliphatic rings. The number of halogens is 1. The van der Waals surface area contributed by atoms with E-state index in [4.69, 9.17) is 4.74 Å². The SMILES string of the molecule is COc1cc(N2CCC(CN3CCN(CC4CCN(c5ccc6c(c5)CN([C@H]5CCC(=O)NC5=O)C6=O)CC4)CC3)CC2)c(F)cc1[C@@H]1N(c2cccc3[nH]ccc23)C(=O)C12CCCC2. The summed E-state index contributed by atoms with van der Waals surface area (Å²) in [6.07, 6.45) is 10.5. The molecule has 1 spiro atoms. The van der Waals surface area contributed by atoms with Crippen molar-refractivity contribution in [3.05, 3.63) is 83.3 Å². The largest absolute Gasteiger partial charge is 0.496 e. The van der Waals surface area contributed by atoms with Crippen molar-refractivity contribution in [3.8, 4) is 5.75 Å². The summed E-state index contributed by atoms with van der Waals surface area (Å²) < 4.78 is 22.5. The van der Waals surface area contributed by atoms with Crippen molar-refractivity contribution in [1.82, 2.24) is 25.0 Å². The van der Waals surface area contributed by atoms with Crippen molar-refractivity contribution < 1.29 is 28.3 Å². The molecule has 342 valence electrons. The van der Waals surface area contributed by atoms with Crippen LogP contribution >= 0.6 is 0 Å². The molecule has 13 nitrogen and oxygen atoms in total. The van der Waals surface area contributed by atoms with Gasteiger partial charge >= 0.3 is 0 Å².